The molecule has 0 saturated heterocycles. The predicted octanol–water partition coefficient (Wildman–Crippen LogP) is 5.98. The molecule has 1 aliphatic carbocycles. The Balaban J connectivity index is 1.89. The van der Waals surface area contributed by atoms with Crippen LogP contribution in [0.2, 0.25) is 0 Å². The van der Waals surface area contributed by atoms with E-state index in [4.69, 9.17) is 4.74 Å². The fourth-order valence-corrected chi connectivity index (χ4v) is 4.32. The van der Waals surface area contributed by atoms with Crippen molar-refractivity contribution in [1.29, 1.82) is 10.5 Å². The minimum Gasteiger partial charge on any atom is -0.494 e. The van der Waals surface area contributed by atoms with Gasteiger partial charge >= 0.3 is 0 Å². The maximum atomic E-state index is 11.1. The standard InChI is InChI=1S/C25H25N3O2/c1-25(2)23(11-8-18(16-26)17-27)20(12-13-30-22-6-4-3-5-7-22)14-19-9-10-21(28-29)15-24(19)25/h3-7,9-11,15,18,20H,8,12-14H2,1-2H3/b23-11-. The minimum atomic E-state index is -0.668. The molecule has 30 heavy (non-hydrogen) atoms. The molecule has 1 aliphatic rings. The van der Waals surface area contributed by atoms with E-state index in [9.17, 15) is 15.4 Å². The summed E-state index contributed by atoms with van der Waals surface area (Å²) in [6.45, 7) is 4.83. The van der Waals surface area contributed by atoms with Crippen LogP contribution in [0.5, 0.6) is 5.75 Å². The van der Waals surface area contributed by atoms with Crippen molar-refractivity contribution in [3.05, 3.63) is 76.2 Å². The third kappa shape index (κ3) is 4.58. The molecule has 5 nitrogen and oxygen atoms in total. The van der Waals surface area contributed by atoms with Crippen LogP contribution in [0.25, 0.3) is 0 Å². The Hall–Kier alpha value is -3.44. The molecular formula is C25H25N3O2. The number of fused-ring (bicyclic) bond motifs is 1. The first-order chi connectivity index (χ1) is 14.5. The fraction of sp³-hybridized carbons (Fsp3) is 0.360. The van der Waals surface area contributed by atoms with Crippen molar-refractivity contribution >= 4 is 5.69 Å². The monoisotopic (exact) mass is 399 g/mol. The molecule has 1 atom stereocenters. The highest BCUT2D eigenvalue weighted by molar-refractivity contribution is 5.53. The van der Waals surface area contributed by atoms with Gasteiger partial charge in [0.25, 0.3) is 0 Å². The molecule has 0 bridgehead atoms. The molecular weight excluding hydrogens is 374 g/mol. The van der Waals surface area contributed by atoms with Crippen LogP contribution in [-0.2, 0) is 11.8 Å². The first kappa shape index (κ1) is 21.3. The van der Waals surface area contributed by atoms with E-state index in [1.807, 2.05) is 60.7 Å². The Morgan fingerprint density at radius 1 is 1.20 bits per heavy atom. The molecule has 0 radical (unpaired) electrons. The molecule has 1 unspecified atom stereocenters. The van der Waals surface area contributed by atoms with Gasteiger partial charge in [-0.3, -0.25) is 0 Å². The number of rotatable bonds is 7. The molecule has 2 aromatic carbocycles. The van der Waals surface area contributed by atoms with Gasteiger partial charge in [-0.25, -0.2) is 0 Å². The smallest absolute Gasteiger partial charge is 0.136 e. The summed E-state index contributed by atoms with van der Waals surface area (Å²) in [5, 5.41) is 21.4. The summed E-state index contributed by atoms with van der Waals surface area (Å²) < 4.78 is 5.93. The van der Waals surface area contributed by atoms with Gasteiger partial charge in [0.1, 0.15) is 17.4 Å². The van der Waals surface area contributed by atoms with E-state index in [1.165, 1.54) is 11.1 Å². The highest BCUT2D eigenvalue weighted by atomic mass is 16.5. The van der Waals surface area contributed by atoms with Crippen molar-refractivity contribution in [2.75, 3.05) is 6.61 Å². The average molecular weight is 399 g/mol. The Bertz CT molecular complexity index is 999. The summed E-state index contributed by atoms with van der Waals surface area (Å²) in [7, 11) is 0. The fourth-order valence-electron chi connectivity index (χ4n) is 4.32. The molecule has 3 rings (SSSR count). The largest absolute Gasteiger partial charge is 0.494 e. The van der Waals surface area contributed by atoms with Gasteiger partial charge in [0.05, 0.1) is 18.7 Å². The molecule has 0 N–H and O–H groups in total. The Labute approximate surface area is 177 Å². The van der Waals surface area contributed by atoms with E-state index in [0.717, 1.165) is 24.2 Å². The van der Waals surface area contributed by atoms with Crippen LogP contribution in [0.4, 0.5) is 5.69 Å². The average Bonchev–Trinajstić information content (AvgIpc) is 2.76. The first-order valence-electron chi connectivity index (χ1n) is 10.1. The maximum absolute atomic E-state index is 11.1. The summed E-state index contributed by atoms with van der Waals surface area (Å²) in [5.74, 6) is 0.400. The van der Waals surface area contributed by atoms with Gasteiger partial charge < -0.3 is 4.74 Å². The van der Waals surface area contributed by atoms with Crippen molar-refractivity contribution < 1.29 is 4.74 Å². The Kier molecular flexibility index (Phi) is 6.65. The highest BCUT2D eigenvalue weighted by Crippen LogP contribution is 2.46. The third-order valence-electron chi connectivity index (χ3n) is 5.86. The van der Waals surface area contributed by atoms with Gasteiger partial charge in [0, 0.05) is 5.41 Å². The number of ether oxygens (including phenoxy) is 1. The zero-order valence-electron chi connectivity index (χ0n) is 17.3. The normalized spacial score (nSPS) is 18.3. The van der Waals surface area contributed by atoms with E-state index in [1.54, 1.807) is 6.07 Å². The molecule has 5 heteroatoms. The van der Waals surface area contributed by atoms with Crippen LogP contribution in [0.1, 0.15) is 37.8 Å². The molecule has 0 spiro atoms. The SMILES string of the molecule is CC1(C)/C(=C\CC(C#N)C#N)C(CCOc2ccccc2)Cc2ccc(N=O)cc21. The number of allylic oxidation sites excluding steroid dienone is 2. The highest BCUT2D eigenvalue weighted by Gasteiger charge is 2.37. The maximum Gasteiger partial charge on any atom is 0.136 e. The lowest BCUT2D eigenvalue weighted by Crippen LogP contribution is -2.34. The van der Waals surface area contributed by atoms with Crippen LogP contribution >= 0.6 is 0 Å². The number of nitroso groups, excluding NO2 is 1. The summed E-state index contributed by atoms with van der Waals surface area (Å²) in [4.78, 5) is 11.1. The van der Waals surface area contributed by atoms with Gasteiger partial charge in [0.15, 0.2) is 0 Å². The van der Waals surface area contributed by atoms with E-state index in [2.05, 4.69) is 19.0 Å². The first-order valence-corrected chi connectivity index (χ1v) is 10.1. The summed E-state index contributed by atoms with van der Waals surface area (Å²) in [6.07, 6.45) is 4.09. The number of para-hydroxylation sites is 1. The number of hydrogen-bond donors (Lipinski definition) is 0. The molecule has 0 fully saturated rings. The second kappa shape index (κ2) is 9.37. The van der Waals surface area contributed by atoms with E-state index < -0.39 is 5.92 Å². The van der Waals surface area contributed by atoms with Gasteiger partial charge in [-0.2, -0.15) is 10.5 Å². The second-order valence-corrected chi connectivity index (χ2v) is 8.11. The van der Waals surface area contributed by atoms with Crippen molar-refractivity contribution in [1.82, 2.24) is 0 Å². The summed E-state index contributed by atoms with van der Waals surface area (Å²) in [5.41, 5.74) is 3.55. The lowest BCUT2D eigenvalue weighted by molar-refractivity contribution is 0.276. The molecule has 0 amide bonds. The van der Waals surface area contributed by atoms with E-state index in [0.29, 0.717) is 18.7 Å². The van der Waals surface area contributed by atoms with Crippen LogP contribution in [0.15, 0.2) is 65.4 Å². The summed E-state index contributed by atoms with van der Waals surface area (Å²) >= 11 is 0. The van der Waals surface area contributed by atoms with Gasteiger partial charge in [-0.05, 0) is 65.7 Å². The number of nitriles is 2. The minimum absolute atomic E-state index is 0.226. The number of benzene rings is 2. The van der Waals surface area contributed by atoms with E-state index >= 15 is 0 Å². The molecule has 0 aromatic heterocycles. The molecule has 0 heterocycles. The van der Waals surface area contributed by atoms with Crippen LogP contribution in [0, 0.1) is 39.4 Å². The summed E-state index contributed by atoms with van der Waals surface area (Å²) in [6, 6.07) is 19.4. The Morgan fingerprint density at radius 3 is 2.60 bits per heavy atom. The lowest BCUT2D eigenvalue weighted by Gasteiger charge is -2.41. The molecule has 0 saturated carbocycles. The Morgan fingerprint density at radius 2 is 1.93 bits per heavy atom. The van der Waals surface area contributed by atoms with Crippen LogP contribution in [-0.4, -0.2) is 6.61 Å². The lowest BCUT2D eigenvalue weighted by atomic mass is 9.63. The van der Waals surface area contributed by atoms with Crippen molar-refractivity contribution in [3.63, 3.8) is 0 Å². The van der Waals surface area contributed by atoms with Crippen LogP contribution in [0.3, 0.4) is 0 Å². The number of hydrogen-bond acceptors (Lipinski definition) is 5. The van der Waals surface area contributed by atoms with Crippen molar-refractivity contribution in [2.24, 2.45) is 17.0 Å². The van der Waals surface area contributed by atoms with E-state index in [-0.39, 0.29) is 11.3 Å². The third-order valence-corrected chi connectivity index (χ3v) is 5.86. The van der Waals surface area contributed by atoms with Gasteiger partial charge in [-0.1, -0.05) is 49.8 Å². The molecule has 0 aliphatic heterocycles. The topological polar surface area (TPSA) is 86.2 Å². The van der Waals surface area contributed by atoms with Crippen molar-refractivity contribution in [3.8, 4) is 17.9 Å². The van der Waals surface area contributed by atoms with Gasteiger partial charge in [-0.15, -0.1) is 4.91 Å². The molecule has 152 valence electrons. The van der Waals surface area contributed by atoms with Crippen LogP contribution < -0.4 is 4.74 Å². The zero-order valence-corrected chi connectivity index (χ0v) is 17.3. The quantitative estimate of drug-likeness (QED) is 0.423. The van der Waals surface area contributed by atoms with Gasteiger partial charge in [0.2, 0.25) is 0 Å². The molecule has 2 aromatic rings. The predicted molar refractivity (Wildman–Crippen MR) is 116 cm³/mol. The second-order valence-electron chi connectivity index (χ2n) is 8.11. The number of nitrogens with zero attached hydrogens (tertiary/aromatic N) is 3. The van der Waals surface area contributed by atoms with Crippen molar-refractivity contribution in [2.45, 2.75) is 38.5 Å². The zero-order chi connectivity index (χ0) is 21.6.